The molecule has 0 saturated carbocycles. The van der Waals surface area contributed by atoms with Crippen LogP contribution in [0.25, 0.3) is 0 Å². The highest BCUT2D eigenvalue weighted by Gasteiger charge is 2.24. The van der Waals surface area contributed by atoms with Crippen LogP contribution in [0, 0.1) is 5.82 Å². The molecule has 2 N–H and O–H groups in total. The first-order valence-electron chi connectivity index (χ1n) is 5.83. The van der Waals surface area contributed by atoms with Gasteiger partial charge >= 0.3 is 0 Å². The zero-order valence-corrected chi connectivity index (χ0v) is 12.0. The average molecular weight is 289 g/mol. The second-order valence-electron chi connectivity index (χ2n) is 5.00. The van der Waals surface area contributed by atoms with Gasteiger partial charge in [-0.15, -0.1) is 0 Å². The van der Waals surface area contributed by atoms with Gasteiger partial charge in [0.15, 0.2) is 0 Å². The molecule has 0 fully saturated rings. The van der Waals surface area contributed by atoms with Gasteiger partial charge in [-0.1, -0.05) is 11.6 Å². The van der Waals surface area contributed by atoms with E-state index in [0.717, 1.165) is 6.07 Å². The van der Waals surface area contributed by atoms with Crippen molar-refractivity contribution in [1.82, 2.24) is 4.90 Å². The smallest absolute Gasteiger partial charge is 0.238 e. The van der Waals surface area contributed by atoms with Crippen LogP contribution >= 0.6 is 11.6 Å². The number of benzene rings is 1. The Balaban J connectivity index is 2.65. The fourth-order valence-electron chi connectivity index (χ4n) is 1.33. The number of hydrogen-bond acceptors (Lipinski definition) is 3. The normalized spacial score (nSPS) is 11.7. The van der Waals surface area contributed by atoms with Crippen molar-refractivity contribution >= 4 is 23.2 Å². The molecule has 0 heterocycles. The lowest BCUT2D eigenvalue weighted by Gasteiger charge is -2.33. The number of anilines is 1. The Morgan fingerprint density at radius 1 is 1.53 bits per heavy atom. The number of amides is 1. The van der Waals surface area contributed by atoms with Crippen molar-refractivity contribution in [2.75, 3.05) is 25.5 Å². The van der Waals surface area contributed by atoms with E-state index in [0.29, 0.717) is 5.69 Å². The molecule has 0 atom stereocenters. The van der Waals surface area contributed by atoms with Crippen LogP contribution in [0.2, 0.25) is 5.02 Å². The monoisotopic (exact) mass is 288 g/mol. The average Bonchev–Trinajstić information content (AvgIpc) is 2.32. The molecule has 0 unspecified atom stereocenters. The van der Waals surface area contributed by atoms with Crippen LogP contribution in [0.1, 0.15) is 13.8 Å². The third-order valence-electron chi connectivity index (χ3n) is 3.01. The molecule has 1 amide bonds. The zero-order valence-electron chi connectivity index (χ0n) is 11.2. The van der Waals surface area contributed by atoms with Gasteiger partial charge in [-0.25, -0.2) is 4.39 Å². The van der Waals surface area contributed by atoms with Gasteiger partial charge in [-0.2, -0.15) is 0 Å². The zero-order chi connectivity index (χ0) is 14.6. The number of halogens is 2. The van der Waals surface area contributed by atoms with Gasteiger partial charge in [0.05, 0.1) is 23.9 Å². The summed E-state index contributed by atoms with van der Waals surface area (Å²) in [6.45, 7) is 3.69. The van der Waals surface area contributed by atoms with E-state index in [-0.39, 0.29) is 24.1 Å². The van der Waals surface area contributed by atoms with Crippen LogP contribution in [0.5, 0.6) is 0 Å². The Hall–Kier alpha value is -1.17. The van der Waals surface area contributed by atoms with Crippen molar-refractivity contribution in [2.45, 2.75) is 19.4 Å². The second-order valence-corrected chi connectivity index (χ2v) is 5.41. The third kappa shape index (κ3) is 4.45. The first-order valence-corrected chi connectivity index (χ1v) is 6.21. The van der Waals surface area contributed by atoms with Crippen molar-refractivity contribution in [3.8, 4) is 0 Å². The topological polar surface area (TPSA) is 52.6 Å². The van der Waals surface area contributed by atoms with Gasteiger partial charge in [-0.3, -0.25) is 9.69 Å². The van der Waals surface area contributed by atoms with E-state index in [2.05, 4.69) is 5.32 Å². The third-order valence-corrected chi connectivity index (χ3v) is 3.32. The Morgan fingerprint density at radius 3 is 2.68 bits per heavy atom. The van der Waals surface area contributed by atoms with Crippen molar-refractivity contribution in [3.05, 3.63) is 29.0 Å². The highest BCUT2D eigenvalue weighted by molar-refractivity contribution is 6.33. The maximum Gasteiger partial charge on any atom is 0.238 e. The van der Waals surface area contributed by atoms with Crippen LogP contribution in [0.3, 0.4) is 0 Å². The van der Waals surface area contributed by atoms with E-state index in [9.17, 15) is 14.3 Å². The molecule has 1 rings (SSSR count). The van der Waals surface area contributed by atoms with E-state index in [1.165, 1.54) is 12.1 Å². The second kappa shape index (κ2) is 6.32. The molecule has 106 valence electrons. The standard InChI is InChI=1S/C13H18ClFN2O2/c1-13(2,8-18)17(3)7-12(19)16-11-5-4-9(15)6-10(11)14/h4-6,18H,7-8H2,1-3H3,(H,16,19). The summed E-state index contributed by atoms with van der Waals surface area (Å²) in [5.41, 5.74) is -0.132. The minimum absolute atomic E-state index is 0.0614. The molecule has 0 saturated heterocycles. The molecule has 4 nitrogen and oxygen atoms in total. The Kier molecular flexibility index (Phi) is 5.29. The molecule has 0 spiro atoms. The Labute approximate surface area is 117 Å². The number of aliphatic hydroxyl groups excluding tert-OH is 1. The number of rotatable bonds is 5. The minimum atomic E-state index is -0.496. The Morgan fingerprint density at radius 2 is 2.16 bits per heavy atom. The largest absolute Gasteiger partial charge is 0.394 e. The van der Waals surface area contributed by atoms with E-state index in [4.69, 9.17) is 11.6 Å². The molecule has 0 bridgehead atoms. The summed E-state index contributed by atoms with van der Waals surface area (Å²) in [6, 6.07) is 3.77. The lowest BCUT2D eigenvalue weighted by Crippen LogP contribution is -2.47. The summed E-state index contributed by atoms with van der Waals surface area (Å²) in [4.78, 5) is 13.6. The highest BCUT2D eigenvalue weighted by atomic mass is 35.5. The fourth-order valence-corrected chi connectivity index (χ4v) is 1.55. The lowest BCUT2D eigenvalue weighted by atomic mass is 10.1. The summed E-state index contributed by atoms with van der Waals surface area (Å²) in [5, 5.41) is 12.0. The summed E-state index contributed by atoms with van der Waals surface area (Å²) < 4.78 is 12.9. The van der Waals surface area contributed by atoms with Crippen LogP contribution in [-0.4, -0.2) is 41.7 Å². The summed E-state index contributed by atoms with van der Waals surface area (Å²) in [5.74, 6) is -0.737. The van der Waals surface area contributed by atoms with Gasteiger partial charge in [0.1, 0.15) is 5.82 Å². The molecule has 6 heteroatoms. The van der Waals surface area contributed by atoms with E-state index >= 15 is 0 Å². The van der Waals surface area contributed by atoms with Crippen molar-refractivity contribution < 1.29 is 14.3 Å². The minimum Gasteiger partial charge on any atom is -0.394 e. The van der Waals surface area contributed by atoms with Crippen LogP contribution in [0.15, 0.2) is 18.2 Å². The summed E-state index contributed by atoms with van der Waals surface area (Å²) in [7, 11) is 1.74. The molecule has 0 aliphatic heterocycles. The van der Waals surface area contributed by atoms with Gasteiger partial charge in [0, 0.05) is 5.54 Å². The first kappa shape index (κ1) is 15.9. The van der Waals surface area contributed by atoms with E-state index in [1.54, 1.807) is 11.9 Å². The van der Waals surface area contributed by atoms with E-state index in [1.807, 2.05) is 13.8 Å². The molecule has 0 aromatic heterocycles. The molecular weight excluding hydrogens is 271 g/mol. The number of nitrogens with one attached hydrogen (secondary N) is 1. The number of carbonyl (C=O) groups excluding carboxylic acids is 1. The molecular formula is C13H18ClFN2O2. The van der Waals surface area contributed by atoms with Crippen molar-refractivity contribution in [3.63, 3.8) is 0 Å². The van der Waals surface area contributed by atoms with Crippen molar-refractivity contribution in [1.29, 1.82) is 0 Å². The number of likely N-dealkylation sites (N-methyl/N-ethyl adjacent to an activating group) is 1. The number of aliphatic hydroxyl groups is 1. The fraction of sp³-hybridized carbons (Fsp3) is 0.462. The van der Waals surface area contributed by atoms with Gasteiger partial charge in [0.25, 0.3) is 0 Å². The molecule has 19 heavy (non-hydrogen) atoms. The number of carbonyl (C=O) groups is 1. The summed E-state index contributed by atoms with van der Waals surface area (Å²) >= 11 is 5.82. The molecule has 1 aromatic rings. The quantitative estimate of drug-likeness (QED) is 0.873. The maximum atomic E-state index is 12.9. The molecule has 0 radical (unpaired) electrons. The summed E-state index contributed by atoms with van der Waals surface area (Å²) in [6.07, 6.45) is 0. The van der Waals surface area contributed by atoms with Crippen LogP contribution in [0.4, 0.5) is 10.1 Å². The van der Waals surface area contributed by atoms with Crippen LogP contribution < -0.4 is 5.32 Å². The van der Waals surface area contributed by atoms with E-state index < -0.39 is 11.4 Å². The molecule has 0 aliphatic carbocycles. The lowest BCUT2D eigenvalue weighted by molar-refractivity contribution is -0.118. The molecule has 0 aliphatic rings. The predicted molar refractivity (Wildman–Crippen MR) is 73.8 cm³/mol. The van der Waals surface area contributed by atoms with Gasteiger partial charge < -0.3 is 10.4 Å². The van der Waals surface area contributed by atoms with Crippen LogP contribution in [-0.2, 0) is 4.79 Å². The highest BCUT2D eigenvalue weighted by Crippen LogP contribution is 2.22. The SMILES string of the molecule is CN(CC(=O)Nc1ccc(F)cc1Cl)C(C)(C)CO. The number of hydrogen-bond donors (Lipinski definition) is 2. The number of nitrogens with zero attached hydrogens (tertiary/aromatic N) is 1. The Bertz CT molecular complexity index is 466. The maximum absolute atomic E-state index is 12.9. The van der Waals surface area contributed by atoms with Crippen molar-refractivity contribution in [2.24, 2.45) is 0 Å². The molecule has 1 aromatic carbocycles. The predicted octanol–water partition coefficient (Wildman–Crippen LogP) is 2.12. The van der Waals surface area contributed by atoms with Gasteiger partial charge in [-0.05, 0) is 39.1 Å². The van der Waals surface area contributed by atoms with Gasteiger partial charge in [0.2, 0.25) is 5.91 Å². The first-order chi connectivity index (χ1) is 8.76.